The van der Waals surface area contributed by atoms with Crippen molar-refractivity contribution in [3.8, 4) is 11.5 Å². The van der Waals surface area contributed by atoms with Crippen LogP contribution < -0.4 is 19.1 Å². The number of carbonyl (C=O) groups is 1. The molecule has 168 valence electrons. The number of nitrogens with zero attached hydrogens (tertiary/aromatic N) is 1. The molecule has 0 spiro atoms. The Hall–Kier alpha value is -3.04. The molecule has 1 N–H and O–H groups in total. The Morgan fingerprint density at radius 2 is 1.66 bits per heavy atom. The normalized spacial score (nSPS) is 11.0. The first kappa shape index (κ1) is 23.6. The summed E-state index contributed by atoms with van der Waals surface area (Å²) in [7, 11) is -1.10. The summed E-state index contributed by atoms with van der Waals surface area (Å²) in [6.07, 6.45) is 0. The third-order valence-electron chi connectivity index (χ3n) is 4.66. The van der Waals surface area contributed by atoms with Crippen molar-refractivity contribution in [2.24, 2.45) is 0 Å². The van der Waals surface area contributed by atoms with Crippen LogP contribution in [-0.4, -0.2) is 35.1 Å². The SMILES string of the molecule is COc1ccc(N(CC(=O)Nc2cccc(Br)c2)S(=O)(=O)c2ccc(C)cc2)cc1OC. The molecule has 0 aromatic heterocycles. The van der Waals surface area contributed by atoms with Crippen molar-refractivity contribution >= 4 is 43.2 Å². The lowest BCUT2D eigenvalue weighted by Crippen LogP contribution is -2.38. The molecule has 9 heteroatoms. The first-order valence-electron chi connectivity index (χ1n) is 9.61. The maximum absolute atomic E-state index is 13.5. The van der Waals surface area contributed by atoms with Crippen LogP contribution in [-0.2, 0) is 14.8 Å². The van der Waals surface area contributed by atoms with Gasteiger partial charge in [-0.25, -0.2) is 8.42 Å². The van der Waals surface area contributed by atoms with Crippen molar-refractivity contribution in [3.63, 3.8) is 0 Å². The van der Waals surface area contributed by atoms with Gasteiger partial charge >= 0.3 is 0 Å². The van der Waals surface area contributed by atoms with Gasteiger partial charge in [-0.1, -0.05) is 39.7 Å². The van der Waals surface area contributed by atoms with Crippen LogP contribution in [0.5, 0.6) is 11.5 Å². The monoisotopic (exact) mass is 518 g/mol. The molecule has 0 heterocycles. The number of ether oxygens (including phenoxy) is 2. The smallest absolute Gasteiger partial charge is 0.264 e. The van der Waals surface area contributed by atoms with Crippen LogP contribution in [0.1, 0.15) is 5.56 Å². The standard InChI is InChI=1S/C23H23BrN2O5S/c1-16-7-10-20(11-8-16)32(28,29)26(19-9-12-21(30-2)22(14-19)31-3)15-23(27)25-18-6-4-5-17(24)13-18/h4-14H,15H2,1-3H3,(H,25,27). The summed E-state index contributed by atoms with van der Waals surface area (Å²) in [4.78, 5) is 12.9. The number of amides is 1. The maximum Gasteiger partial charge on any atom is 0.264 e. The first-order valence-corrected chi connectivity index (χ1v) is 11.8. The zero-order chi connectivity index (χ0) is 23.3. The summed E-state index contributed by atoms with van der Waals surface area (Å²) in [5, 5.41) is 2.74. The Balaban J connectivity index is 2.01. The largest absolute Gasteiger partial charge is 0.493 e. The highest BCUT2D eigenvalue weighted by Gasteiger charge is 2.28. The van der Waals surface area contributed by atoms with E-state index in [9.17, 15) is 13.2 Å². The molecule has 1 amide bonds. The van der Waals surface area contributed by atoms with E-state index in [4.69, 9.17) is 9.47 Å². The summed E-state index contributed by atoms with van der Waals surface area (Å²) in [6, 6.07) is 18.2. The molecule has 32 heavy (non-hydrogen) atoms. The van der Waals surface area contributed by atoms with Crippen molar-refractivity contribution in [3.05, 3.63) is 76.8 Å². The van der Waals surface area contributed by atoms with Gasteiger partial charge in [-0.15, -0.1) is 0 Å². The van der Waals surface area contributed by atoms with Crippen LogP contribution in [0.15, 0.2) is 76.1 Å². The van der Waals surface area contributed by atoms with Crippen molar-refractivity contribution in [2.75, 3.05) is 30.4 Å². The lowest BCUT2D eigenvalue weighted by Gasteiger charge is -2.25. The number of anilines is 2. The quantitative estimate of drug-likeness (QED) is 0.470. The van der Waals surface area contributed by atoms with E-state index in [2.05, 4.69) is 21.2 Å². The number of aryl methyl sites for hydroxylation is 1. The molecule has 0 aliphatic carbocycles. The highest BCUT2D eigenvalue weighted by molar-refractivity contribution is 9.10. The highest BCUT2D eigenvalue weighted by Crippen LogP contribution is 2.34. The number of rotatable bonds is 8. The molecule has 3 rings (SSSR count). The summed E-state index contributed by atoms with van der Waals surface area (Å²) < 4.78 is 39.4. The molecule has 0 fully saturated rings. The molecule has 0 aliphatic rings. The van der Waals surface area contributed by atoms with Gasteiger partial charge in [-0.3, -0.25) is 9.10 Å². The molecule has 0 radical (unpaired) electrons. The fourth-order valence-corrected chi connectivity index (χ4v) is 4.84. The van der Waals surface area contributed by atoms with E-state index >= 15 is 0 Å². The molecular formula is C23H23BrN2O5S. The first-order chi connectivity index (χ1) is 15.2. The predicted molar refractivity (Wildman–Crippen MR) is 128 cm³/mol. The molecule has 3 aromatic rings. The van der Waals surface area contributed by atoms with Crippen molar-refractivity contribution in [2.45, 2.75) is 11.8 Å². The van der Waals surface area contributed by atoms with Gasteiger partial charge in [0.25, 0.3) is 10.0 Å². The van der Waals surface area contributed by atoms with Gasteiger partial charge < -0.3 is 14.8 Å². The highest BCUT2D eigenvalue weighted by atomic mass is 79.9. The number of sulfonamides is 1. The van der Waals surface area contributed by atoms with Crippen LogP contribution in [0.4, 0.5) is 11.4 Å². The Morgan fingerprint density at radius 3 is 2.28 bits per heavy atom. The lowest BCUT2D eigenvalue weighted by atomic mass is 10.2. The number of hydrogen-bond donors (Lipinski definition) is 1. The van der Waals surface area contributed by atoms with Crippen molar-refractivity contribution in [1.29, 1.82) is 0 Å². The number of halogens is 1. The van der Waals surface area contributed by atoms with E-state index in [0.717, 1.165) is 14.3 Å². The average Bonchev–Trinajstić information content (AvgIpc) is 2.77. The van der Waals surface area contributed by atoms with Crippen LogP contribution in [0, 0.1) is 6.92 Å². The topological polar surface area (TPSA) is 84.9 Å². The number of hydrogen-bond acceptors (Lipinski definition) is 5. The Bertz CT molecular complexity index is 1210. The van der Waals surface area contributed by atoms with Crippen LogP contribution in [0.2, 0.25) is 0 Å². The fraction of sp³-hybridized carbons (Fsp3) is 0.174. The van der Waals surface area contributed by atoms with Crippen LogP contribution in [0.3, 0.4) is 0 Å². The lowest BCUT2D eigenvalue weighted by molar-refractivity contribution is -0.114. The van der Waals surface area contributed by atoms with E-state index in [1.54, 1.807) is 42.5 Å². The van der Waals surface area contributed by atoms with Crippen molar-refractivity contribution in [1.82, 2.24) is 0 Å². The average molecular weight is 519 g/mol. The Kier molecular flexibility index (Phi) is 7.42. The van der Waals surface area contributed by atoms with Crippen molar-refractivity contribution < 1.29 is 22.7 Å². The van der Waals surface area contributed by atoms with Gasteiger partial charge in [0.1, 0.15) is 6.54 Å². The summed E-state index contributed by atoms with van der Waals surface area (Å²) in [5.41, 5.74) is 1.74. The van der Waals surface area contributed by atoms with Gasteiger partial charge in [0, 0.05) is 16.2 Å². The minimum Gasteiger partial charge on any atom is -0.493 e. The van der Waals surface area contributed by atoms with Gasteiger partial charge in [0.05, 0.1) is 24.8 Å². The summed E-state index contributed by atoms with van der Waals surface area (Å²) in [5.74, 6) is 0.303. The van der Waals surface area contributed by atoms with E-state index in [0.29, 0.717) is 17.2 Å². The maximum atomic E-state index is 13.5. The third kappa shape index (κ3) is 5.41. The van der Waals surface area contributed by atoms with E-state index in [1.165, 1.54) is 32.4 Å². The Labute approximate surface area is 196 Å². The summed E-state index contributed by atoms with van der Waals surface area (Å²) in [6.45, 7) is 1.44. The number of carbonyl (C=O) groups excluding carboxylic acids is 1. The fourth-order valence-electron chi connectivity index (χ4n) is 3.03. The molecule has 7 nitrogen and oxygen atoms in total. The molecular weight excluding hydrogens is 496 g/mol. The Morgan fingerprint density at radius 1 is 0.969 bits per heavy atom. The number of benzene rings is 3. The minimum absolute atomic E-state index is 0.0770. The summed E-state index contributed by atoms with van der Waals surface area (Å²) >= 11 is 3.35. The molecule has 3 aromatic carbocycles. The zero-order valence-corrected chi connectivity index (χ0v) is 20.2. The van der Waals surface area contributed by atoms with Crippen LogP contribution in [0.25, 0.3) is 0 Å². The van der Waals surface area contributed by atoms with Gasteiger partial charge in [-0.2, -0.15) is 0 Å². The van der Waals surface area contributed by atoms with E-state index < -0.39 is 22.5 Å². The molecule has 0 unspecified atom stereocenters. The van der Waals surface area contributed by atoms with E-state index in [-0.39, 0.29) is 10.6 Å². The number of methoxy groups -OCH3 is 2. The molecule has 0 saturated heterocycles. The second kappa shape index (κ2) is 10.1. The molecule has 0 atom stereocenters. The molecule has 0 aliphatic heterocycles. The third-order valence-corrected chi connectivity index (χ3v) is 6.94. The van der Waals surface area contributed by atoms with Gasteiger partial charge in [-0.05, 0) is 49.4 Å². The van der Waals surface area contributed by atoms with Crippen LogP contribution >= 0.6 is 15.9 Å². The predicted octanol–water partition coefficient (Wildman–Crippen LogP) is 4.61. The molecule has 0 bridgehead atoms. The molecule has 0 saturated carbocycles. The van der Waals surface area contributed by atoms with Gasteiger partial charge in [0.15, 0.2) is 11.5 Å². The minimum atomic E-state index is -4.04. The zero-order valence-electron chi connectivity index (χ0n) is 17.8. The van der Waals surface area contributed by atoms with Gasteiger partial charge in [0.2, 0.25) is 5.91 Å². The number of nitrogens with one attached hydrogen (secondary N) is 1. The van der Waals surface area contributed by atoms with E-state index in [1.807, 2.05) is 13.0 Å². The second-order valence-corrected chi connectivity index (χ2v) is 9.70. The second-order valence-electron chi connectivity index (χ2n) is 6.92.